The fraction of sp³-hybridized carbons (Fsp3) is 0.611. The number of aryl methyl sites for hydroxylation is 1. The summed E-state index contributed by atoms with van der Waals surface area (Å²) in [6, 6.07) is 7.98. The number of esters is 1. The second-order valence-corrected chi connectivity index (χ2v) is 6.13. The molecule has 2 atom stereocenters. The van der Waals surface area contributed by atoms with Crippen molar-refractivity contribution in [3.8, 4) is 0 Å². The number of rotatable bonds is 9. The lowest BCUT2D eigenvalue weighted by Crippen LogP contribution is -2.33. The summed E-state index contributed by atoms with van der Waals surface area (Å²) in [6.45, 7) is 3.75. The number of carbonyl (C=O) groups is 1. The fourth-order valence-corrected chi connectivity index (χ4v) is 2.70. The van der Waals surface area contributed by atoms with Crippen LogP contribution in [0.3, 0.4) is 0 Å². The summed E-state index contributed by atoms with van der Waals surface area (Å²) >= 11 is 0. The topological polar surface area (TPSA) is 66.8 Å². The molecule has 0 aromatic heterocycles. The minimum Gasteiger partial charge on any atom is -0.468 e. The zero-order valence-electron chi connectivity index (χ0n) is 13.8. The van der Waals surface area contributed by atoms with Crippen LogP contribution in [0.25, 0.3) is 0 Å². The first-order valence-corrected chi connectivity index (χ1v) is 7.88. The molecule has 0 saturated carbocycles. The first-order valence-electron chi connectivity index (χ1n) is 7.88. The third-order valence-electron chi connectivity index (χ3n) is 4.22. The Labute approximate surface area is 133 Å². The van der Waals surface area contributed by atoms with E-state index in [0.29, 0.717) is 12.8 Å². The highest BCUT2D eigenvalue weighted by atomic mass is 16.5. The van der Waals surface area contributed by atoms with Gasteiger partial charge in [0, 0.05) is 0 Å². The molecule has 0 amide bonds. The van der Waals surface area contributed by atoms with E-state index in [1.165, 1.54) is 7.11 Å². The molecule has 0 aliphatic carbocycles. The average molecular weight is 308 g/mol. The van der Waals surface area contributed by atoms with Crippen LogP contribution in [0, 0.1) is 6.92 Å². The van der Waals surface area contributed by atoms with Gasteiger partial charge in [0.25, 0.3) is 0 Å². The number of aliphatic hydroxyl groups excluding tert-OH is 2. The van der Waals surface area contributed by atoms with Crippen molar-refractivity contribution in [3.63, 3.8) is 0 Å². The molecular formula is C18H28O4. The van der Waals surface area contributed by atoms with Gasteiger partial charge in [0.15, 0.2) is 0 Å². The Kier molecular flexibility index (Phi) is 7.56. The Balaban J connectivity index is 2.67. The molecular weight excluding hydrogens is 280 g/mol. The quantitative estimate of drug-likeness (QED) is 0.544. The summed E-state index contributed by atoms with van der Waals surface area (Å²) in [5.41, 5.74) is 1.46. The van der Waals surface area contributed by atoms with Gasteiger partial charge in [-0.25, -0.2) is 0 Å². The molecule has 1 aromatic rings. The summed E-state index contributed by atoms with van der Waals surface area (Å²) in [5.74, 6) is -0.214. The van der Waals surface area contributed by atoms with E-state index in [4.69, 9.17) is 9.84 Å². The summed E-state index contributed by atoms with van der Waals surface area (Å²) < 4.78 is 5.01. The summed E-state index contributed by atoms with van der Waals surface area (Å²) in [7, 11) is 1.42. The van der Waals surface area contributed by atoms with Crippen LogP contribution in [0.2, 0.25) is 0 Å². The van der Waals surface area contributed by atoms with E-state index in [0.717, 1.165) is 30.4 Å². The van der Waals surface area contributed by atoms with Gasteiger partial charge in [-0.3, -0.25) is 4.79 Å². The highest BCUT2D eigenvalue weighted by Crippen LogP contribution is 2.32. The number of carbonyl (C=O) groups excluding carboxylic acids is 1. The number of unbranched alkanes of at least 4 members (excludes halogenated alkanes) is 2. The molecule has 1 aromatic carbocycles. The number of methoxy groups -OCH3 is 1. The van der Waals surface area contributed by atoms with Gasteiger partial charge < -0.3 is 14.9 Å². The molecule has 4 nitrogen and oxygen atoms in total. The van der Waals surface area contributed by atoms with Crippen LogP contribution in [0.4, 0.5) is 0 Å². The molecule has 22 heavy (non-hydrogen) atoms. The second kappa shape index (κ2) is 8.91. The van der Waals surface area contributed by atoms with Crippen molar-refractivity contribution in [1.29, 1.82) is 0 Å². The molecule has 124 valence electrons. The number of hydrogen-bond donors (Lipinski definition) is 2. The normalized spacial score (nSPS) is 15.1. The van der Waals surface area contributed by atoms with Crippen molar-refractivity contribution in [2.24, 2.45) is 0 Å². The third-order valence-corrected chi connectivity index (χ3v) is 4.22. The van der Waals surface area contributed by atoms with Crippen LogP contribution in [0.15, 0.2) is 24.3 Å². The SMILES string of the molecule is COC(=O)C(C)(CCCCCC(O)CO)c1cccc(C)c1. The third kappa shape index (κ3) is 5.11. The Hall–Kier alpha value is -1.39. The molecule has 0 aliphatic heterocycles. The van der Waals surface area contributed by atoms with Gasteiger partial charge in [-0.1, -0.05) is 49.1 Å². The highest BCUT2D eigenvalue weighted by Gasteiger charge is 2.35. The molecule has 2 N–H and O–H groups in total. The van der Waals surface area contributed by atoms with Crippen LogP contribution < -0.4 is 0 Å². The summed E-state index contributed by atoms with van der Waals surface area (Å²) in [5, 5.41) is 18.1. The van der Waals surface area contributed by atoms with Crippen LogP contribution in [0.1, 0.15) is 50.2 Å². The van der Waals surface area contributed by atoms with Gasteiger partial charge in [0.05, 0.1) is 25.2 Å². The van der Waals surface area contributed by atoms with E-state index in [-0.39, 0.29) is 12.6 Å². The number of aliphatic hydroxyl groups is 2. The van der Waals surface area contributed by atoms with Crippen molar-refractivity contribution in [1.82, 2.24) is 0 Å². The fourth-order valence-electron chi connectivity index (χ4n) is 2.70. The molecule has 1 rings (SSSR count). The van der Waals surface area contributed by atoms with Crippen LogP contribution >= 0.6 is 0 Å². The van der Waals surface area contributed by atoms with Crippen molar-refractivity contribution in [2.75, 3.05) is 13.7 Å². The lowest BCUT2D eigenvalue weighted by Gasteiger charge is -2.27. The first kappa shape index (κ1) is 18.7. The van der Waals surface area contributed by atoms with E-state index >= 15 is 0 Å². The smallest absolute Gasteiger partial charge is 0.315 e. The van der Waals surface area contributed by atoms with E-state index < -0.39 is 11.5 Å². The van der Waals surface area contributed by atoms with Crippen molar-refractivity contribution in [3.05, 3.63) is 35.4 Å². The molecule has 4 heteroatoms. The van der Waals surface area contributed by atoms with Gasteiger partial charge in [0.1, 0.15) is 0 Å². The maximum atomic E-state index is 12.3. The summed E-state index contributed by atoms with van der Waals surface area (Å²) in [6.07, 6.45) is 3.29. The van der Waals surface area contributed by atoms with Crippen molar-refractivity contribution >= 4 is 5.97 Å². The van der Waals surface area contributed by atoms with E-state index in [1.54, 1.807) is 0 Å². The number of ether oxygens (including phenoxy) is 1. The Morgan fingerprint density at radius 3 is 2.64 bits per heavy atom. The van der Waals surface area contributed by atoms with Crippen molar-refractivity contribution in [2.45, 2.75) is 57.5 Å². The van der Waals surface area contributed by atoms with Gasteiger partial charge >= 0.3 is 5.97 Å². The molecule has 0 spiro atoms. The molecule has 0 radical (unpaired) electrons. The Bertz CT molecular complexity index is 472. The monoisotopic (exact) mass is 308 g/mol. The van der Waals surface area contributed by atoms with E-state index in [9.17, 15) is 9.90 Å². The molecule has 0 bridgehead atoms. The van der Waals surface area contributed by atoms with E-state index in [1.807, 2.05) is 38.1 Å². The lowest BCUT2D eigenvalue weighted by atomic mass is 9.77. The minimum atomic E-state index is -0.642. The Morgan fingerprint density at radius 1 is 1.32 bits per heavy atom. The number of benzene rings is 1. The molecule has 0 fully saturated rings. The number of hydrogen-bond acceptors (Lipinski definition) is 4. The molecule has 0 aliphatic rings. The largest absolute Gasteiger partial charge is 0.468 e. The summed E-state index contributed by atoms with van der Waals surface area (Å²) in [4.78, 5) is 12.3. The van der Waals surface area contributed by atoms with Crippen LogP contribution in [0.5, 0.6) is 0 Å². The zero-order valence-corrected chi connectivity index (χ0v) is 13.8. The van der Waals surface area contributed by atoms with Crippen molar-refractivity contribution < 1.29 is 19.7 Å². The van der Waals surface area contributed by atoms with Gasteiger partial charge in [-0.15, -0.1) is 0 Å². The molecule has 0 saturated heterocycles. The molecule has 2 unspecified atom stereocenters. The standard InChI is InChI=1S/C18H28O4/c1-14-8-7-9-15(12-14)18(2,17(21)22-3)11-6-4-5-10-16(20)13-19/h7-9,12,16,19-20H,4-6,10-11,13H2,1-3H3. The van der Waals surface area contributed by atoms with Gasteiger partial charge in [-0.05, 0) is 32.3 Å². The maximum Gasteiger partial charge on any atom is 0.315 e. The second-order valence-electron chi connectivity index (χ2n) is 6.13. The predicted molar refractivity (Wildman–Crippen MR) is 86.7 cm³/mol. The van der Waals surface area contributed by atoms with Crippen LogP contribution in [-0.2, 0) is 14.9 Å². The maximum absolute atomic E-state index is 12.3. The minimum absolute atomic E-state index is 0.191. The predicted octanol–water partition coefficient (Wildman–Crippen LogP) is 2.73. The lowest BCUT2D eigenvalue weighted by molar-refractivity contribution is -0.147. The van der Waals surface area contributed by atoms with Crippen LogP contribution in [-0.4, -0.2) is 36.0 Å². The van der Waals surface area contributed by atoms with E-state index in [2.05, 4.69) is 0 Å². The van der Waals surface area contributed by atoms with Gasteiger partial charge in [0.2, 0.25) is 0 Å². The highest BCUT2D eigenvalue weighted by molar-refractivity contribution is 5.82. The Morgan fingerprint density at radius 2 is 2.05 bits per heavy atom. The van der Waals surface area contributed by atoms with Gasteiger partial charge in [-0.2, -0.15) is 0 Å². The zero-order chi connectivity index (χ0) is 16.6. The average Bonchev–Trinajstić information content (AvgIpc) is 2.53. The first-order chi connectivity index (χ1) is 10.4. The molecule has 0 heterocycles.